The Morgan fingerprint density at radius 1 is 1.00 bits per heavy atom. The summed E-state index contributed by atoms with van der Waals surface area (Å²) in [7, 11) is 0. The first kappa shape index (κ1) is 19.2. The molecule has 27 heavy (non-hydrogen) atoms. The lowest BCUT2D eigenvalue weighted by molar-refractivity contribution is -0.0236. The van der Waals surface area contributed by atoms with Crippen molar-refractivity contribution in [2.45, 2.75) is 58.2 Å². The van der Waals surface area contributed by atoms with Crippen molar-refractivity contribution < 1.29 is 9.84 Å². The Labute approximate surface area is 163 Å². The second kappa shape index (κ2) is 8.46. The highest BCUT2D eigenvalue weighted by Gasteiger charge is 2.42. The molecule has 1 aromatic rings. The molecule has 1 aliphatic carbocycles. The third-order valence-electron chi connectivity index (χ3n) is 6.80. The number of fused-ring (bicyclic) bond motifs is 1. The Hall–Kier alpha value is -1.17. The number of hydrogen-bond acceptors (Lipinski definition) is 5. The first-order valence-electron chi connectivity index (χ1n) is 10.8. The van der Waals surface area contributed by atoms with E-state index in [1.807, 2.05) is 26.0 Å². The van der Waals surface area contributed by atoms with E-state index >= 15 is 0 Å². The molecule has 0 spiro atoms. The fraction of sp³-hybridized carbons (Fsp3) is 0.773. The van der Waals surface area contributed by atoms with Gasteiger partial charge in [-0.05, 0) is 76.6 Å². The van der Waals surface area contributed by atoms with Crippen LogP contribution in [0.2, 0.25) is 0 Å². The molecule has 2 aliphatic heterocycles. The summed E-state index contributed by atoms with van der Waals surface area (Å²) in [6.07, 6.45) is 5.49. The fourth-order valence-electron chi connectivity index (χ4n) is 5.22. The minimum Gasteiger partial charge on any atom is -0.486 e. The smallest absolute Gasteiger partial charge is 0.141 e. The van der Waals surface area contributed by atoms with Crippen molar-refractivity contribution in [2.75, 3.05) is 39.3 Å². The van der Waals surface area contributed by atoms with Crippen LogP contribution in [0, 0.1) is 25.7 Å². The Bertz CT molecular complexity index is 632. The average molecular weight is 374 g/mol. The molecule has 2 saturated heterocycles. The number of nitrogens with zero attached hydrogens (tertiary/aromatic N) is 3. The maximum Gasteiger partial charge on any atom is 0.141 e. The van der Waals surface area contributed by atoms with Gasteiger partial charge >= 0.3 is 0 Å². The van der Waals surface area contributed by atoms with E-state index in [2.05, 4.69) is 14.8 Å². The van der Waals surface area contributed by atoms with Crippen LogP contribution in [-0.2, 0) is 0 Å². The van der Waals surface area contributed by atoms with E-state index in [4.69, 9.17) is 4.74 Å². The monoisotopic (exact) mass is 373 g/mol. The van der Waals surface area contributed by atoms with Crippen LogP contribution in [-0.4, -0.2) is 71.4 Å². The second-order valence-electron chi connectivity index (χ2n) is 8.91. The molecule has 5 nitrogen and oxygen atoms in total. The van der Waals surface area contributed by atoms with Gasteiger partial charge in [-0.1, -0.05) is 6.42 Å². The lowest BCUT2D eigenvalue weighted by Gasteiger charge is -2.35. The van der Waals surface area contributed by atoms with E-state index in [1.165, 1.54) is 45.4 Å². The van der Waals surface area contributed by atoms with Gasteiger partial charge in [0.25, 0.3) is 0 Å². The van der Waals surface area contributed by atoms with Crippen molar-refractivity contribution in [1.82, 2.24) is 14.8 Å². The SMILES string of the molecule is Cc1ccc(O[C@@H]2C[C@@H]3CN(CCN4CCCCC4)C[C@@H]3C[C@H]2O)c(C)n1. The van der Waals surface area contributed by atoms with E-state index in [-0.39, 0.29) is 12.2 Å². The molecule has 1 N–H and O–H groups in total. The highest BCUT2D eigenvalue weighted by molar-refractivity contribution is 5.28. The first-order valence-corrected chi connectivity index (χ1v) is 10.8. The summed E-state index contributed by atoms with van der Waals surface area (Å²) >= 11 is 0. The van der Waals surface area contributed by atoms with Gasteiger partial charge in [0.15, 0.2) is 0 Å². The van der Waals surface area contributed by atoms with Crippen LogP contribution >= 0.6 is 0 Å². The number of aliphatic hydroxyl groups is 1. The largest absolute Gasteiger partial charge is 0.486 e. The predicted octanol–water partition coefficient (Wildman–Crippen LogP) is 2.63. The molecule has 0 radical (unpaired) electrons. The second-order valence-corrected chi connectivity index (χ2v) is 8.91. The first-order chi connectivity index (χ1) is 13.1. The van der Waals surface area contributed by atoms with Gasteiger partial charge < -0.3 is 19.6 Å². The zero-order valence-electron chi connectivity index (χ0n) is 16.9. The van der Waals surface area contributed by atoms with Crippen LogP contribution in [0.1, 0.15) is 43.5 Å². The summed E-state index contributed by atoms with van der Waals surface area (Å²) in [4.78, 5) is 9.74. The highest BCUT2D eigenvalue weighted by Crippen LogP contribution is 2.38. The van der Waals surface area contributed by atoms with E-state index in [9.17, 15) is 5.11 Å². The van der Waals surface area contributed by atoms with Crippen LogP contribution in [0.15, 0.2) is 12.1 Å². The molecule has 3 aliphatic rings. The quantitative estimate of drug-likeness (QED) is 0.860. The van der Waals surface area contributed by atoms with E-state index in [0.29, 0.717) is 11.8 Å². The summed E-state index contributed by atoms with van der Waals surface area (Å²) in [5.41, 5.74) is 1.92. The number of piperidine rings is 1. The number of rotatable bonds is 5. The molecule has 1 aromatic heterocycles. The lowest BCUT2D eigenvalue weighted by atomic mass is 9.78. The van der Waals surface area contributed by atoms with Crippen LogP contribution in [0.3, 0.4) is 0 Å². The van der Waals surface area contributed by atoms with Crippen molar-refractivity contribution in [2.24, 2.45) is 11.8 Å². The van der Waals surface area contributed by atoms with Crippen molar-refractivity contribution in [1.29, 1.82) is 0 Å². The summed E-state index contributed by atoms with van der Waals surface area (Å²) in [6.45, 7) is 11.2. The number of likely N-dealkylation sites (tertiary alicyclic amines) is 2. The predicted molar refractivity (Wildman–Crippen MR) is 107 cm³/mol. The number of ether oxygens (including phenoxy) is 1. The summed E-state index contributed by atoms with van der Waals surface area (Å²) < 4.78 is 6.21. The van der Waals surface area contributed by atoms with Gasteiger partial charge in [0.05, 0.1) is 11.8 Å². The van der Waals surface area contributed by atoms with Gasteiger partial charge in [0.1, 0.15) is 11.9 Å². The Morgan fingerprint density at radius 2 is 1.70 bits per heavy atom. The molecular weight excluding hydrogens is 338 g/mol. The van der Waals surface area contributed by atoms with Crippen LogP contribution in [0.25, 0.3) is 0 Å². The van der Waals surface area contributed by atoms with Gasteiger partial charge in [-0.2, -0.15) is 0 Å². The van der Waals surface area contributed by atoms with Crippen molar-refractivity contribution in [3.05, 3.63) is 23.5 Å². The van der Waals surface area contributed by atoms with E-state index in [0.717, 1.165) is 43.1 Å². The molecule has 5 heteroatoms. The summed E-state index contributed by atoms with van der Waals surface area (Å²) in [5, 5.41) is 10.7. The number of aromatic nitrogens is 1. The zero-order chi connectivity index (χ0) is 18.8. The molecule has 4 atom stereocenters. The van der Waals surface area contributed by atoms with Gasteiger partial charge in [-0.15, -0.1) is 0 Å². The minimum atomic E-state index is -0.367. The Kier molecular flexibility index (Phi) is 6.00. The maximum absolute atomic E-state index is 10.7. The molecule has 0 aromatic carbocycles. The molecule has 4 rings (SSSR count). The van der Waals surface area contributed by atoms with Gasteiger partial charge in [0, 0.05) is 31.9 Å². The highest BCUT2D eigenvalue weighted by atomic mass is 16.5. The molecule has 3 heterocycles. The third kappa shape index (κ3) is 4.64. The molecule has 0 unspecified atom stereocenters. The molecule has 0 bridgehead atoms. The molecule has 1 saturated carbocycles. The van der Waals surface area contributed by atoms with E-state index < -0.39 is 0 Å². The van der Waals surface area contributed by atoms with Gasteiger partial charge in [0.2, 0.25) is 0 Å². The summed E-state index contributed by atoms with van der Waals surface area (Å²) in [5.74, 6) is 2.10. The molecule has 0 amide bonds. The van der Waals surface area contributed by atoms with Crippen LogP contribution in [0.4, 0.5) is 0 Å². The van der Waals surface area contributed by atoms with Gasteiger partial charge in [-0.25, -0.2) is 0 Å². The van der Waals surface area contributed by atoms with Crippen LogP contribution < -0.4 is 4.74 Å². The Balaban J connectivity index is 1.30. The number of pyridine rings is 1. The number of aliphatic hydroxyl groups excluding tert-OH is 1. The normalized spacial score (nSPS) is 32.4. The number of hydrogen-bond donors (Lipinski definition) is 1. The van der Waals surface area contributed by atoms with Crippen molar-refractivity contribution >= 4 is 0 Å². The molecule has 3 fully saturated rings. The fourth-order valence-corrected chi connectivity index (χ4v) is 5.22. The standard InChI is InChI=1S/C22H35N3O2/c1-16-6-7-21(17(2)23-16)27-22-13-19-15-25(14-18(19)12-20(22)26)11-10-24-8-4-3-5-9-24/h6-7,18-20,22,26H,3-5,8-15H2,1-2H3/t18-,19+,20+,22+/m0/s1. The maximum atomic E-state index is 10.7. The molecular formula is C22H35N3O2. The summed E-state index contributed by atoms with van der Waals surface area (Å²) in [6, 6.07) is 3.98. The van der Waals surface area contributed by atoms with Crippen molar-refractivity contribution in [3.8, 4) is 5.75 Å². The lowest BCUT2D eigenvalue weighted by Crippen LogP contribution is -2.42. The van der Waals surface area contributed by atoms with Crippen LogP contribution in [0.5, 0.6) is 5.75 Å². The van der Waals surface area contributed by atoms with Crippen molar-refractivity contribution in [3.63, 3.8) is 0 Å². The zero-order valence-corrected chi connectivity index (χ0v) is 16.9. The Morgan fingerprint density at radius 3 is 2.44 bits per heavy atom. The van der Waals surface area contributed by atoms with Gasteiger partial charge in [-0.3, -0.25) is 4.98 Å². The minimum absolute atomic E-state index is 0.100. The topological polar surface area (TPSA) is 48.8 Å². The molecule has 150 valence electrons. The number of aryl methyl sites for hydroxylation is 2. The van der Waals surface area contributed by atoms with E-state index in [1.54, 1.807) is 0 Å². The average Bonchev–Trinajstić information content (AvgIpc) is 3.05. The third-order valence-corrected chi connectivity index (χ3v) is 6.80.